The van der Waals surface area contributed by atoms with E-state index in [-0.39, 0.29) is 30.5 Å². The van der Waals surface area contributed by atoms with Crippen molar-refractivity contribution in [1.82, 2.24) is 25.1 Å². The predicted octanol–water partition coefficient (Wildman–Crippen LogP) is 0.730. The molecule has 2 rings (SSSR count). The summed E-state index contributed by atoms with van der Waals surface area (Å²) < 4.78 is 0. The Hall–Kier alpha value is -2.74. The highest BCUT2D eigenvalue weighted by molar-refractivity contribution is 5.85. The van der Waals surface area contributed by atoms with Crippen LogP contribution in [0.25, 0.3) is 10.9 Å². The average Bonchev–Trinajstić information content (AvgIpc) is 2.64. The number of rotatable bonds is 9. The van der Waals surface area contributed by atoms with E-state index in [1.807, 2.05) is 11.0 Å². The van der Waals surface area contributed by atoms with Crippen LogP contribution in [0.5, 0.6) is 0 Å². The molecule has 146 valence electrons. The summed E-state index contributed by atoms with van der Waals surface area (Å²) in [5.74, 6) is 0.125. The van der Waals surface area contributed by atoms with Crippen molar-refractivity contribution in [2.24, 2.45) is 0 Å². The lowest BCUT2D eigenvalue weighted by molar-refractivity contribution is -0.131. The van der Waals surface area contributed by atoms with Crippen LogP contribution in [0, 0.1) is 0 Å². The second kappa shape index (κ2) is 9.82. The number of hydrogen-bond acceptors (Lipinski definition) is 5. The van der Waals surface area contributed by atoms with Crippen molar-refractivity contribution >= 4 is 22.7 Å². The van der Waals surface area contributed by atoms with E-state index in [0.717, 1.165) is 12.8 Å². The Morgan fingerprint density at radius 3 is 2.67 bits per heavy atom. The van der Waals surface area contributed by atoms with Gasteiger partial charge in [-0.25, -0.2) is 4.98 Å². The van der Waals surface area contributed by atoms with Crippen molar-refractivity contribution in [2.75, 3.05) is 33.7 Å². The van der Waals surface area contributed by atoms with Crippen molar-refractivity contribution in [3.63, 3.8) is 0 Å². The van der Waals surface area contributed by atoms with Gasteiger partial charge >= 0.3 is 0 Å². The molecule has 1 aromatic carbocycles. The standard InChI is InChI=1S/C19H27N5O3/c1-4-5-10-24(13-17(25)20-11-18(26)23(2)3)12-16-21-15-9-7-6-8-14(15)19(27)22-16/h6-9H,4-5,10-13H2,1-3H3,(H,20,25)(H,21,22,27). The van der Waals surface area contributed by atoms with Crippen LogP contribution in [-0.2, 0) is 16.1 Å². The van der Waals surface area contributed by atoms with Crippen molar-refractivity contribution in [3.05, 3.63) is 40.4 Å². The van der Waals surface area contributed by atoms with Gasteiger partial charge in [0, 0.05) is 14.1 Å². The predicted molar refractivity (Wildman–Crippen MR) is 104 cm³/mol. The molecule has 27 heavy (non-hydrogen) atoms. The van der Waals surface area contributed by atoms with E-state index in [2.05, 4.69) is 22.2 Å². The smallest absolute Gasteiger partial charge is 0.258 e. The van der Waals surface area contributed by atoms with Gasteiger partial charge in [0.05, 0.1) is 30.5 Å². The molecule has 0 atom stereocenters. The SMILES string of the molecule is CCCCN(CC(=O)NCC(=O)N(C)C)Cc1nc2ccccc2c(=O)[nH]1. The van der Waals surface area contributed by atoms with E-state index in [4.69, 9.17) is 0 Å². The molecule has 0 fully saturated rings. The number of carbonyl (C=O) groups is 2. The highest BCUT2D eigenvalue weighted by Crippen LogP contribution is 2.07. The van der Waals surface area contributed by atoms with Crippen LogP contribution in [-0.4, -0.2) is 65.3 Å². The van der Waals surface area contributed by atoms with E-state index < -0.39 is 0 Å². The van der Waals surface area contributed by atoms with Crippen LogP contribution in [0.4, 0.5) is 0 Å². The number of aromatic amines is 1. The largest absolute Gasteiger partial charge is 0.347 e. The van der Waals surface area contributed by atoms with E-state index in [1.165, 1.54) is 4.90 Å². The van der Waals surface area contributed by atoms with Gasteiger partial charge in [-0.05, 0) is 25.1 Å². The molecule has 2 aromatic rings. The number of nitrogens with one attached hydrogen (secondary N) is 2. The number of aromatic nitrogens is 2. The molecule has 2 amide bonds. The van der Waals surface area contributed by atoms with Gasteiger partial charge in [-0.2, -0.15) is 0 Å². The molecule has 0 aliphatic rings. The van der Waals surface area contributed by atoms with Crippen LogP contribution in [0.2, 0.25) is 0 Å². The number of fused-ring (bicyclic) bond motifs is 1. The van der Waals surface area contributed by atoms with E-state index >= 15 is 0 Å². The monoisotopic (exact) mass is 373 g/mol. The molecule has 8 nitrogen and oxygen atoms in total. The van der Waals surface area contributed by atoms with Gasteiger partial charge in [0.25, 0.3) is 5.56 Å². The third kappa shape index (κ3) is 6.18. The van der Waals surface area contributed by atoms with Gasteiger partial charge < -0.3 is 15.2 Å². The van der Waals surface area contributed by atoms with Gasteiger partial charge in [0.1, 0.15) is 5.82 Å². The highest BCUT2D eigenvalue weighted by Gasteiger charge is 2.14. The highest BCUT2D eigenvalue weighted by atomic mass is 16.2. The number of carbonyl (C=O) groups excluding carboxylic acids is 2. The Labute approximate surface area is 158 Å². The molecule has 0 aliphatic heterocycles. The van der Waals surface area contributed by atoms with Gasteiger partial charge in [-0.15, -0.1) is 0 Å². The van der Waals surface area contributed by atoms with Gasteiger partial charge in [0.2, 0.25) is 11.8 Å². The number of para-hydroxylation sites is 1. The molecule has 0 spiro atoms. The second-order valence-electron chi connectivity index (χ2n) is 6.66. The average molecular weight is 373 g/mol. The molecule has 2 N–H and O–H groups in total. The minimum atomic E-state index is -0.232. The van der Waals surface area contributed by atoms with Gasteiger partial charge in [0.15, 0.2) is 0 Å². The summed E-state index contributed by atoms with van der Waals surface area (Å²) in [4.78, 5) is 46.7. The first kappa shape index (κ1) is 20.6. The fourth-order valence-corrected chi connectivity index (χ4v) is 2.61. The topological polar surface area (TPSA) is 98.4 Å². The zero-order chi connectivity index (χ0) is 19.8. The summed E-state index contributed by atoms with van der Waals surface area (Å²) in [6.45, 7) is 3.23. The summed E-state index contributed by atoms with van der Waals surface area (Å²) in [7, 11) is 3.29. The fourth-order valence-electron chi connectivity index (χ4n) is 2.61. The molecule has 0 unspecified atom stereocenters. The minimum absolute atomic E-state index is 0.0293. The summed E-state index contributed by atoms with van der Waals surface area (Å²) in [6, 6.07) is 7.16. The van der Waals surface area contributed by atoms with Crippen LogP contribution >= 0.6 is 0 Å². The molecule has 0 bridgehead atoms. The summed E-state index contributed by atoms with van der Waals surface area (Å²) in [6.07, 6.45) is 1.90. The number of H-pyrrole nitrogens is 1. The lowest BCUT2D eigenvalue weighted by Crippen LogP contribution is -2.42. The molecule has 0 aliphatic carbocycles. The molecule has 1 aromatic heterocycles. The van der Waals surface area contributed by atoms with Crippen molar-refractivity contribution < 1.29 is 9.59 Å². The van der Waals surface area contributed by atoms with Crippen LogP contribution in [0.15, 0.2) is 29.1 Å². The number of hydrogen-bond donors (Lipinski definition) is 2. The first-order valence-electron chi connectivity index (χ1n) is 9.07. The van der Waals surface area contributed by atoms with Crippen LogP contribution in [0.3, 0.4) is 0 Å². The normalized spacial score (nSPS) is 11.0. The Kier molecular flexibility index (Phi) is 7.48. The summed E-state index contributed by atoms with van der Waals surface area (Å²) in [5.41, 5.74) is 0.444. The Balaban J connectivity index is 2.06. The third-order valence-electron chi connectivity index (χ3n) is 4.17. The minimum Gasteiger partial charge on any atom is -0.347 e. The van der Waals surface area contributed by atoms with Crippen LogP contribution < -0.4 is 10.9 Å². The van der Waals surface area contributed by atoms with Gasteiger partial charge in [-0.1, -0.05) is 25.5 Å². The summed E-state index contributed by atoms with van der Waals surface area (Å²) >= 11 is 0. The first-order chi connectivity index (χ1) is 12.9. The van der Waals surface area contributed by atoms with Crippen molar-refractivity contribution in [1.29, 1.82) is 0 Å². The van der Waals surface area contributed by atoms with Crippen molar-refractivity contribution in [3.8, 4) is 0 Å². The molecule has 0 saturated carbocycles. The Morgan fingerprint density at radius 1 is 1.22 bits per heavy atom. The molecule has 1 heterocycles. The van der Waals surface area contributed by atoms with E-state index in [0.29, 0.717) is 29.8 Å². The number of likely N-dealkylation sites (N-methyl/N-ethyl adjacent to an activating group) is 1. The second-order valence-corrected chi connectivity index (χ2v) is 6.66. The number of benzene rings is 1. The number of nitrogens with zero attached hydrogens (tertiary/aromatic N) is 3. The quantitative estimate of drug-likeness (QED) is 0.675. The molecular weight excluding hydrogens is 346 g/mol. The molecule has 8 heteroatoms. The lowest BCUT2D eigenvalue weighted by Gasteiger charge is -2.21. The fraction of sp³-hybridized carbons (Fsp3) is 0.474. The van der Waals surface area contributed by atoms with Crippen LogP contribution in [0.1, 0.15) is 25.6 Å². The lowest BCUT2D eigenvalue weighted by atomic mass is 10.2. The Bertz CT molecular complexity index is 847. The maximum Gasteiger partial charge on any atom is 0.258 e. The number of unbranched alkanes of at least 4 members (excludes halogenated alkanes) is 1. The summed E-state index contributed by atoms with van der Waals surface area (Å²) in [5, 5.41) is 3.18. The molecular formula is C19H27N5O3. The van der Waals surface area contributed by atoms with Gasteiger partial charge in [-0.3, -0.25) is 19.3 Å². The van der Waals surface area contributed by atoms with Crippen molar-refractivity contribution in [2.45, 2.75) is 26.3 Å². The molecule has 0 radical (unpaired) electrons. The molecule has 0 saturated heterocycles. The maximum atomic E-state index is 12.2. The first-order valence-corrected chi connectivity index (χ1v) is 9.07. The van der Waals surface area contributed by atoms with E-state index in [9.17, 15) is 14.4 Å². The van der Waals surface area contributed by atoms with E-state index in [1.54, 1.807) is 32.3 Å². The third-order valence-corrected chi connectivity index (χ3v) is 4.17. The maximum absolute atomic E-state index is 12.2. The Morgan fingerprint density at radius 2 is 1.96 bits per heavy atom. The number of amides is 2. The zero-order valence-corrected chi connectivity index (χ0v) is 16.1. The zero-order valence-electron chi connectivity index (χ0n) is 16.1.